The van der Waals surface area contributed by atoms with E-state index in [0.717, 1.165) is 112 Å². The average Bonchev–Trinajstić information content (AvgIpc) is 1.66. The Morgan fingerprint density at radius 3 is 1.20 bits per heavy atom. The van der Waals surface area contributed by atoms with Gasteiger partial charge in [0, 0.05) is 128 Å². The third-order valence-corrected chi connectivity index (χ3v) is 19.2. The van der Waals surface area contributed by atoms with Crippen LogP contribution in [0.15, 0.2) is 196 Å². The summed E-state index contributed by atoms with van der Waals surface area (Å²) in [7, 11) is 0. The number of nitrogens with two attached hydrogens (primary N) is 1. The molecule has 0 saturated carbocycles. The highest BCUT2D eigenvalue weighted by Gasteiger charge is 2.37. The normalized spacial score (nSPS) is 18.6. The van der Waals surface area contributed by atoms with Gasteiger partial charge in [-0.05, 0) is 193 Å². The minimum atomic E-state index is -0.994. The number of para-hydroxylation sites is 4. The van der Waals surface area contributed by atoms with Crippen LogP contribution in [-0.2, 0) is 38.3 Å². The first kappa shape index (κ1) is 90.7. The van der Waals surface area contributed by atoms with Gasteiger partial charge in [0.05, 0.1) is 27.6 Å². The molecule has 6 aromatic carbocycles. The van der Waals surface area contributed by atoms with Crippen LogP contribution in [0.25, 0.3) is 43.6 Å². The molecule has 25 heteroatoms. The summed E-state index contributed by atoms with van der Waals surface area (Å²) in [6, 6.07) is 44.7. The highest BCUT2D eigenvalue weighted by Crippen LogP contribution is 2.30. The number of aromatic nitrogens is 8. The summed E-state index contributed by atoms with van der Waals surface area (Å²) in [5, 5.41) is 21.7. The van der Waals surface area contributed by atoms with Gasteiger partial charge in [0.15, 0.2) is 0 Å². The van der Waals surface area contributed by atoms with Crippen molar-refractivity contribution in [1.29, 1.82) is 0 Å². The van der Waals surface area contributed by atoms with Gasteiger partial charge in [-0.15, -0.1) is 0 Å². The zero-order valence-corrected chi connectivity index (χ0v) is 65.0. The number of likely N-dealkylation sites (tertiary alicyclic amines) is 3. The fraction of sp³-hybridized carbons (Fsp3) is 0.386. The van der Waals surface area contributed by atoms with E-state index >= 15 is 0 Å². The molecular formula is C88H112ClN15O9. The molecule has 600 valence electrons. The van der Waals surface area contributed by atoms with Crippen LogP contribution >= 0.6 is 11.6 Å². The van der Waals surface area contributed by atoms with Gasteiger partial charge in [-0.2, -0.15) is 0 Å². The standard InChI is InChI=1S/C24H24N4O2.C19H25N3O2.C14H17N3.C10H20N2O2.C10H9NO3.C8H5ClN2.3CH4/c1-3-23(29)26-20-10-8-17(9-11-20)24(30)28-14-16(2)19(15-28)12-22-25-13-18-6-4-5-7-21(18)27-22;1-13-11-22(18(23)24-19(2,3)4)12-15(13)9-17-20-10-14-7-5-6-8-16(14)21-17;1-10-7-15-8-12(10)6-14-16-9-11-4-2-3-5-13(11)17-14;1-7-5-12(6-8(7)11)9(13)14-10(2,3)4;1-2-9(12)11-8-5-3-7(4-6-8)10(13)14;9-8-10-5-6-3-1-2-4-7(6)11-8;;;/h3-11,13,16,19H,1,12,14-15H2,2H3,(H,26,29);5-8,10,13,15H,9,11-12H2,1-4H3;2-5,9-10,12,15H,6-8H2,1H3;7-8H,5-6,11H2,1-4H3;2-6H,1H2,(H,11,12)(H,13,14);1-5H;3*1H4/t16-,19-;13-,15-;10-,12-;7-,8-;;;;;/m0000...../s1. The molecule has 24 nitrogen and oxygen atoms in total. The molecule has 0 radical (unpaired) electrons. The average molecular weight is 1560 g/mol. The zero-order valence-electron chi connectivity index (χ0n) is 64.2. The van der Waals surface area contributed by atoms with Crippen molar-refractivity contribution in [3.8, 4) is 0 Å². The number of benzene rings is 6. The lowest BCUT2D eigenvalue weighted by molar-refractivity contribution is -0.112. The molecule has 4 fully saturated rings. The zero-order chi connectivity index (χ0) is 79.2. The first-order valence-corrected chi connectivity index (χ1v) is 37.4. The van der Waals surface area contributed by atoms with Gasteiger partial charge < -0.3 is 51.0 Å². The summed E-state index contributed by atoms with van der Waals surface area (Å²) in [6.07, 6.45) is 11.8. The second kappa shape index (κ2) is 42.4. The Morgan fingerprint density at radius 2 is 0.832 bits per heavy atom. The number of ether oxygens (including phenoxy) is 2. The van der Waals surface area contributed by atoms with Crippen molar-refractivity contribution in [2.75, 3.05) is 63.0 Å². The lowest BCUT2D eigenvalue weighted by Gasteiger charge is -2.24. The van der Waals surface area contributed by atoms with Crippen molar-refractivity contribution in [3.05, 3.63) is 230 Å². The summed E-state index contributed by atoms with van der Waals surface area (Å²) in [6.45, 7) is 33.1. The van der Waals surface area contributed by atoms with Crippen LogP contribution in [0.2, 0.25) is 5.28 Å². The topological polar surface area (TPSA) is 316 Å². The highest BCUT2D eigenvalue weighted by molar-refractivity contribution is 6.28. The first-order valence-electron chi connectivity index (χ1n) is 37.0. The van der Waals surface area contributed by atoms with E-state index in [0.29, 0.717) is 90.5 Å². The predicted octanol–water partition coefficient (Wildman–Crippen LogP) is 16.3. The van der Waals surface area contributed by atoms with Gasteiger partial charge >= 0.3 is 18.2 Å². The number of carbonyl (C=O) groups is 6. The molecule has 10 aromatic rings. The molecule has 0 unspecified atom stereocenters. The molecule has 0 bridgehead atoms. The van der Waals surface area contributed by atoms with Crippen LogP contribution in [0.5, 0.6) is 0 Å². The van der Waals surface area contributed by atoms with Gasteiger partial charge in [-0.1, -0.05) is 136 Å². The molecule has 14 rings (SSSR count). The van der Waals surface area contributed by atoms with Gasteiger partial charge in [0.1, 0.15) is 28.7 Å². The largest absolute Gasteiger partial charge is 0.478 e. The van der Waals surface area contributed by atoms with Crippen LogP contribution < -0.4 is 21.7 Å². The van der Waals surface area contributed by atoms with Crippen molar-refractivity contribution in [1.82, 2.24) is 59.9 Å². The van der Waals surface area contributed by atoms with Crippen molar-refractivity contribution in [2.24, 2.45) is 47.2 Å². The molecule has 0 aliphatic carbocycles. The third kappa shape index (κ3) is 27.6. The molecule has 4 aliphatic heterocycles. The SMILES string of the molecule is C.C.C.C=CC(=O)Nc1ccc(C(=O)N2C[C@H](Cc3ncc4ccccc4n3)[C@@H](C)C2)cc1.C=CC(=O)Nc1ccc(C(=O)O)cc1.C[C@H]1CN(C(=O)OC(C)(C)C)C[C@@H]1Cc1ncc2ccccc2n1.C[C@H]1CN(C(=O)OC(C)(C)C)C[C@@H]1N.C[C@H]1CNC[C@@H]1Cc1ncc2ccccc2n1.Clc1ncc2ccccc2n1. The van der Waals surface area contributed by atoms with Gasteiger partial charge in [-0.25, -0.2) is 54.3 Å². The van der Waals surface area contributed by atoms with Crippen molar-refractivity contribution in [2.45, 2.75) is 128 Å². The van der Waals surface area contributed by atoms with E-state index in [1.807, 2.05) is 155 Å². The smallest absolute Gasteiger partial charge is 0.410 e. The number of halogens is 1. The number of carboxylic acids is 1. The number of anilines is 2. The molecule has 4 aliphatic rings. The van der Waals surface area contributed by atoms with Crippen molar-refractivity contribution < 1.29 is 43.3 Å². The Bertz CT molecular complexity index is 4820. The van der Waals surface area contributed by atoms with Crippen LogP contribution in [0, 0.1) is 41.4 Å². The summed E-state index contributed by atoms with van der Waals surface area (Å²) in [5.74, 6) is 4.28. The Balaban J connectivity index is 0.000000217. The fourth-order valence-corrected chi connectivity index (χ4v) is 12.9. The number of fused-ring (bicyclic) bond motifs is 4. The summed E-state index contributed by atoms with van der Waals surface area (Å²) < 4.78 is 10.7. The number of carboxylic acid groups (broad SMARTS) is 1. The monoisotopic (exact) mass is 1560 g/mol. The van der Waals surface area contributed by atoms with E-state index in [-0.39, 0.29) is 63.8 Å². The Labute approximate surface area is 669 Å². The number of rotatable bonds is 12. The maximum Gasteiger partial charge on any atom is 0.410 e. The Morgan fingerprint density at radius 1 is 0.478 bits per heavy atom. The highest BCUT2D eigenvalue weighted by atomic mass is 35.5. The summed E-state index contributed by atoms with van der Waals surface area (Å²) >= 11 is 5.60. The predicted molar refractivity (Wildman–Crippen MR) is 451 cm³/mol. The molecule has 4 saturated heterocycles. The molecular weight excluding hydrogens is 1450 g/mol. The quantitative estimate of drug-likeness (QED) is 0.0560. The van der Waals surface area contributed by atoms with E-state index in [4.69, 9.17) is 31.9 Å². The number of carbonyl (C=O) groups excluding carboxylic acids is 5. The summed E-state index contributed by atoms with van der Waals surface area (Å²) in [4.78, 5) is 110. The van der Waals surface area contributed by atoms with Crippen molar-refractivity contribution >= 4 is 102 Å². The lowest BCUT2D eigenvalue weighted by Crippen LogP contribution is -2.36. The maximum atomic E-state index is 12.9. The van der Waals surface area contributed by atoms with Gasteiger partial charge in [-0.3, -0.25) is 14.4 Å². The van der Waals surface area contributed by atoms with Gasteiger partial charge in [0.2, 0.25) is 17.1 Å². The molecule has 4 aromatic heterocycles. The number of hydrogen-bond acceptors (Lipinski definition) is 18. The van der Waals surface area contributed by atoms with E-state index in [2.05, 4.69) is 109 Å². The van der Waals surface area contributed by atoms with Crippen LogP contribution in [0.3, 0.4) is 0 Å². The second-order valence-corrected chi connectivity index (χ2v) is 30.5. The Kier molecular flexibility index (Phi) is 34.1. The van der Waals surface area contributed by atoms with Crippen LogP contribution in [0.4, 0.5) is 21.0 Å². The first-order chi connectivity index (χ1) is 52.5. The number of hydrogen-bond donors (Lipinski definition) is 5. The number of aromatic carboxylic acids is 1. The molecule has 0 spiro atoms. The molecule has 8 atom stereocenters. The minimum Gasteiger partial charge on any atom is -0.478 e. The molecule has 8 heterocycles. The van der Waals surface area contributed by atoms with E-state index in [1.165, 1.54) is 30.3 Å². The van der Waals surface area contributed by atoms with Crippen LogP contribution in [-0.4, -0.2) is 165 Å². The number of nitrogens with zero attached hydrogens (tertiary/aromatic N) is 11. The molecule has 5 amide bonds. The summed E-state index contributed by atoms with van der Waals surface area (Å²) in [5.41, 5.74) is 10.8. The van der Waals surface area contributed by atoms with Crippen LogP contribution in [0.1, 0.15) is 130 Å². The van der Waals surface area contributed by atoms with Crippen molar-refractivity contribution in [3.63, 3.8) is 0 Å². The molecule has 6 N–H and O–H groups in total. The van der Waals surface area contributed by atoms with E-state index in [9.17, 15) is 28.8 Å². The number of nitrogens with one attached hydrogen (secondary N) is 3. The second-order valence-electron chi connectivity index (χ2n) is 30.2. The third-order valence-electron chi connectivity index (χ3n) is 19.1. The minimum absolute atomic E-state index is 0. The fourth-order valence-electron chi connectivity index (χ4n) is 12.8. The van der Waals surface area contributed by atoms with E-state index < -0.39 is 17.2 Å². The maximum absolute atomic E-state index is 12.9. The van der Waals surface area contributed by atoms with E-state index in [1.54, 1.807) is 35.4 Å². The molecule has 113 heavy (non-hydrogen) atoms. The van der Waals surface area contributed by atoms with Gasteiger partial charge in [0.25, 0.3) is 5.91 Å². The Hall–Kier alpha value is -11.2. The number of amides is 5. The lowest BCUT2D eigenvalue weighted by atomic mass is 9.94.